The van der Waals surface area contributed by atoms with Crippen LogP contribution in [0.4, 0.5) is 11.4 Å². The van der Waals surface area contributed by atoms with Crippen molar-refractivity contribution in [1.82, 2.24) is 4.90 Å². The maximum Gasteiger partial charge on any atom is 0.250 e. The third-order valence-electron chi connectivity index (χ3n) is 7.36. The predicted molar refractivity (Wildman–Crippen MR) is 117 cm³/mol. The smallest absolute Gasteiger partial charge is 0.250 e. The van der Waals surface area contributed by atoms with Crippen LogP contribution in [0.15, 0.2) is 36.4 Å². The maximum absolute atomic E-state index is 13.9. The molecule has 4 aliphatic heterocycles. The van der Waals surface area contributed by atoms with Crippen LogP contribution in [0, 0.1) is 18.8 Å². The Bertz CT molecular complexity index is 1200. The van der Waals surface area contributed by atoms with Crippen LogP contribution in [-0.2, 0) is 19.9 Å². The van der Waals surface area contributed by atoms with Crippen LogP contribution in [0.2, 0.25) is 10.0 Å². The van der Waals surface area contributed by atoms with E-state index in [4.69, 9.17) is 23.2 Å². The molecule has 158 valence electrons. The Morgan fingerprint density at radius 3 is 2.65 bits per heavy atom. The van der Waals surface area contributed by atoms with Crippen LogP contribution in [0.25, 0.3) is 0 Å². The van der Waals surface area contributed by atoms with E-state index in [-0.39, 0.29) is 23.8 Å². The Kier molecular flexibility index (Phi) is 3.93. The number of benzene rings is 2. The summed E-state index contributed by atoms with van der Waals surface area (Å²) >= 11 is 12.7. The van der Waals surface area contributed by atoms with Gasteiger partial charge in [0.15, 0.2) is 0 Å². The number of fused-ring (bicyclic) bond motifs is 7. The van der Waals surface area contributed by atoms with Crippen LogP contribution in [0.3, 0.4) is 0 Å². The fourth-order valence-corrected chi connectivity index (χ4v) is 6.80. The molecule has 8 heteroatoms. The second kappa shape index (κ2) is 6.31. The molecule has 0 radical (unpaired) electrons. The molecule has 0 unspecified atom stereocenters. The predicted octanol–water partition coefficient (Wildman–Crippen LogP) is 3.73. The van der Waals surface area contributed by atoms with Crippen molar-refractivity contribution in [2.24, 2.45) is 11.8 Å². The molecule has 0 bridgehead atoms. The average Bonchev–Trinajstić information content (AvgIpc) is 3.42. The Morgan fingerprint density at radius 1 is 1.10 bits per heavy atom. The zero-order valence-corrected chi connectivity index (χ0v) is 18.2. The molecule has 6 nitrogen and oxygen atoms in total. The van der Waals surface area contributed by atoms with E-state index in [1.54, 1.807) is 36.4 Å². The molecule has 2 aromatic rings. The number of rotatable bonds is 1. The molecular weight excluding hydrogens is 437 g/mol. The minimum atomic E-state index is -1.24. The Hall–Kier alpha value is -2.41. The molecule has 1 spiro atoms. The van der Waals surface area contributed by atoms with Crippen molar-refractivity contribution in [3.05, 3.63) is 57.6 Å². The lowest BCUT2D eigenvalue weighted by Gasteiger charge is -2.36. The Morgan fingerprint density at radius 2 is 1.87 bits per heavy atom. The summed E-state index contributed by atoms with van der Waals surface area (Å²) in [7, 11) is 0. The van der Waals surface area contributed by atoms with E-state index in [2.05, 4.69) is 10.2 Å². The van der Waals surface area contributed by atoms with Gasteiger partial charge < -0.3 is 5.32 Å². The summed E-state index contributed by atoms with van der Waals surface area (Å²) in [6, 6.07) is 10.2. The number of anilines is 2. The first-order chi connectivity index (χ1) is 14.9. The molecule has 4 aliphatic rings. The van der Waals surface area contributed by atoms with Crippen LogP contribution in [0.1, 0.15) is 24.0 Å². The van der Waals surface area contributed by atoms with Gasteiger partial charge in [-0.25, -0.2) is 4.90 Å². The van der Waals surface area contributed by atoms with Crippen molar-refractivity contribution in [1.29, 1.82) is 0 Å². The number of hydrogen-bond acceptors (Lipinski definition) is 4. The largest absolute Gasteiger partial charge is 0.324 e. The van der Waals surface area contributed by atoms with Gasteiger partial charge in [0.1, 0.15) is 5.54 Å². The molecule has 3 amide bonds. The first kappa shape index (κ1) is 19.3. The van der Waals surface area contributed by atoms with Gasteiger partial charge in [-0.1, -0.05) is 35.3 Å². The van der Waals surface area contributed by atoms with Gasteiger partial charge in [-0.2, -0.15) is 0 Å². The highest BCUT2D eigenvalue weighted by molar-refractivity contribution is 6.36. The zero-order valence-electron chi connectivity index (χ0n) is 16.7. The van der Waals surface area contributed by atoms with Crippen molar-refractivity contribution in [3.63, 3.8) is 0 Å². The van der Waals surface area contributed by atoms with Gasteiger partial charge in [-0.3, -0.25) is 19.3 Å². The Balaban J connectivity index is 1.60. The molecule has 3 fully saturated rings. The minimum Gasteiger partial charge on any atom is -0.324 e. The molecule has 0 aromatic heterocycles. The van der Waals surface area contributed by atoms with E-state index in [9.17, 15) is 14.4 Å². The molecule has 6 rings (SSSR count). The highest BCUT2D eigenvalue weighted by Crippen LogP contribution is 2.61. The number of nitrogens with one attached hydrogen (secondary N) is 1. The van der Waals surface area contributed by atoms with Crippen LogP contribution in [0.5, 0.6) is 0 Å². The first-order valence-electron chi connectivity index (χ1n) is 10.4. The fraction of sp³-hybridized carbons (Fsp3) is 0.348. The third kappa shape index (κ3) is 2.20. The lowest BCUT2D eigenvalue weighted by atomic mass is 9.75. The summed E-state index contributed by atoms with van der Waals surface area (Å²) < 4.78 is 0. The molecule has 0 aliphatic carbocycles. The second-order valence-corrected chi connectivity index (χ2v) is 9.58. The van der Waals surface area contributed by atoms with Crippen molar-refractivity contribution in [3.8, 4) is 0 Å². The molecule has 4 heterocycles. The number of carbonyl (C=O) groups excluding carboxylic acids is 3. The highest BCUT2D eigenvalue weighted by Gasteiger charge is 2.74. The van der Waals surface area contributed by atoms with E-state index in [0.717, 1.165) is 18.4 Å². The summed E-state index contributed by atoms with van der Waals surface area (Å²) in [4.78, 5) is 44.5. The molecule has 3 saturated heterocycles. The number of carbonyl (C=O) groups is 3. The number of hydrogen-bond donors (Lipinski definition) is 1. The van der Waals surface area contributed by atoms with E-state index < -0.39 is 17.4 Å². The molecule has 0 saturated carbocycles. The van der Waals surface area contributed by atoms with E-state index in [0.29, 0.717) is 33.5 Å². The molecule has 31 heavy (non-hydrogen) atoms. The highest BCUT2D eigenvalue weighted by atomic mass is 35.5. The first-order valence-corrected chi connectivity index (χ1v) is 11.1. The van der Waals surface area contributed by atoms with Gasteiger partial charge in [-0.15, -0.1) is 0 Å². The van der Waals surface area contributed by atoms with Crippen LogP contribution < -0.4 is 10.2 Å². The third-order valence-corrected chi connectivity index (χ3v) is 7.89. The number of aryl methyl sites for hydroxylation is 1. The minimum absolute atomic E-state index is 0.176. The number of nitrogens with zero attached hydrogens (tertiary/aromatic N) is 2. The van der Waals surface area contributed by atoms with Crippen LogP contribution in [-0.4, -0.2) is 35.2 Å². The van der Waals surface area contributed by atoms with Crippen molar-refractivity contribution < 1.29 is 14.4 Å². The van der Waals surface area contributed by atoms with Crippen LogP contribution >= 0.6 is 23.2 Å². The standard InChI is InChI=1S/C23H19Cl2N3O3/c1-11-9-12(24)10-13-19(11)26-22(31)23(13)18-17(16-7-4-8-27(16)23)20(29)28(21(18)30)15-6-3-2-5-14(15)25/h2-3,5-6,9-10,16-18H,4,7-8H2,1H3,(H,26,31)/t16-,17+,18-,23+/m0/s1. The van der Waals surface area contributed by atoms with Gasteiger partial charge in [0.05, 0.1) is 22.5 Å². The van der Waals surface area contributed by atoms with Crippen molar-refractivity contribution in [2.45, 2.75) is 31.3 Å². The zero-order chi connectivity index (χ0) is 21.7. The topological polar surface area (TPSA) is 69.7 Å². The summed E-state index contributed by atoms with van der Waals surface area (Å²) in [5.41, 5.74) is 1.36. The van der Waals surface area contributed by atoms with Gasteiger partial charge in [0, 0.05) is 22.3 Å². The Labute approximate surface area is 189 Å². The van der Waals surface area contributed by atoms with Crippen molar-refractivity contribution in [2.75, 3.05) is 16.8 Å². The molecule has 4 atom stereocenters. The molecule has 2 aromatic carbocycles. The number of imide groups is 1. The quantitative estimate of drug-likeness (QED) is 0.665. The maximum atomic E-state index is 13.9. The van der Waals surface area contributed by atoms with E-state index in [1.165, 1.54) is 4.90 Å². The monoisotopic (exact) mass is 455 g/mol. The van der Waals surface area contributed by atoms with Gasteiger partial charge in [0.2, 0.25) is 17.7 Å². The van der Waals surface area contributed by atoms with Crippen molar-refractivity contribution >= 4 is 52.3 Å². The average molecular weight is 456 g/mol. The van der Waals surface area contributed by atoms with Gasteiger partial charge in [-0.05, 0) is 56.1 Å². The van der Waals surface area contributed by atoms with Gasteiger partial charge >= 0.3 is 0 Å². The SMILES string of the molecule is Cc1cc(Cl)cc2c1NC(=O)[C@]21[C@@H]2C(=O)N(c3ccccc3Cl)C(=O)[C@@H]2[C@@H]2CCCN21. The summed E-state index contributed by atoms with van der Waals surface area (Å²) in [5, 5.41) is 3.84. The normalized spacial score (nSPS) is 31.4. The van der Waals surface area contributed by atoms with E-state index in [1.807, 2.05) is 6.92 Å². The second-order valence-electron chi connectivity index (χ2n) is 8.74. The fourth-order valence-electron chi connectivity index (χ4n) is 6.31. The van der Waals surface area contributed by atoms with E-state index >= 15 is 0 Å². The number of halogens is 2. The summed E-state index contributed by atoms with van der Waals surface area (Å²) in [6.07, 6.45) is 1.63. The molecular formula is C23H19Cl2N3O3. The number of para-hydroxylation sites is 1. The van der Waals surface area contributed by atoms with Gasteiger partial charge in [0.25, 0.3) is 0 Å². The lowest BCUT2D eigenvalue weighted by Crippen LogP contribution is -2.54. The summed E-state index contributed by atoms with van der Waals surface area (Å²) in [5.74, 6) is -2.33. The molecule has 1 N–H and O–H groups in total. The lowest BCUT2D eigenvalue weighted by molar-refractivity contribution is -0.135. The number of amides is 3. The summed E-state index contributed by atoms with van der Waals surface area (Å²) in [6.45, 7) is 2.54.